The van der Waals surface area contributed by atoms with Crippen molar-refractivity contribution in [3.63, 3.8) is 0 Å². The summed E-state index contributed by atoms with van der Waals surface area (Å²) in [7, 11) is -2.21. The molecular formula is C24H28N4O4S. The van der Waals surface area contributed by atoms with Crippen LogP contribution in [0.4, 0.5) is 0 Å². The Hall–Kier alpha value is -3.17. The molecule has 9 heteroatoms. The van der Waals surface area contributed by atoms with Crippen LogP contribution in [-0.4, -0.2) is 66.6 Å². The van der Waals surface area contributed by atoms with Crippen molar-refractivity contribution in [2.45, 2.75) is 25.3 Å². The molecule has 1 aliphatic rings. The first-order valence-corrected chi connectivity index (χ1v) is 12.3. The van der Waals surface area contributed by atoms with Gasteiger partial charge >= 0.3 is 0 Å². The second-order valence-corrected chi connectivity index (χ2v) is 9.91. The van der Waals surface area contributed by atoms with Crippen LogP contribution in [-0.2, 0) is 16.6 Å². The van der Waals surface area contributed by atoms with E-state index in [0.29, 0.717) is 42.3 Å². The van der Waals surface area contributed by atoms with Gasteiger partial charge in [0.05, 0.1) is 30.6 Å². The number of methoxy groups -OCH3 is 1. The number of carbonyl (C=O) groups is 1. The fourth-order valence-corrected chi connectivity index (χ4v) is 6.01. The van der Waals surface area contributed by atoms with Gasteiger partial charge in [-0.05, 0) is 31.5 Å². The maximum Gasteiger partial charge on any atom is 0.257 e. The number of ether oxygens (including phenoxy) is 1. The third-order valence-electron chi connectivity index (χ3n) is 5.95. The number of amides is 1. The van der Waals surface area contributed by atoms with E-state index in [1.165, 1.54) is 11.4 Å². The van der Waals surface area contributed by atoms with Gasteiger partial charge in [0, 0.05) is 26.2 Å². The van der Waals surface area contributed by atoms with Crippen molar-refractivity contribution in [2.24, 2.45) is 0 Å². The molecular weight excluding hydrogens is 440 g/mol. The molecule has 0 radical (unpaired) electrons. The van der Waals surface area contributed by atoms with Crippen LogP contribution in [0.25, 0.3) is 0 Å². The number of carbonyl (C=O) groups excluding carboxylic acids is 1. The number of benzene rings is 2. The van der Waals surface area contributed by atoms with E-state index in [0.717, 1.165) is 5.56 Å². The van der Waals surface area contributed by atoms with Crippen LogP contribution in [0.15, 0.2) is 59.5 Å². The Morgan fingerprint density at radius 1 is 0.970 bits per heavy atom. The van der Waals surface area contributed by atoms with E-state index in [9.17, 15) is 13.2 Å². The predicted molar refractivity (Wildman–Crippen MR) is 125 cm³/mol. The Balaban J connectivity index is 1.50. The number of piperazine rings is 1. The predicted octanol–water partition coefficient (Wildman–Crippen LogP) is 2.70. The van der Waals surface area contributed by atoms with E-state index in [2.05, 4.69) is 5.10 Å². The number of hydrogen-bond donors (Lipinski definition) is 0. The van der Waals surface area contributed by atoms with Gasteiger partial charge in [0.1, 0.15) is 10.6 Å². The highest BCUT2D eigenvalue weighted by molar-refractivity contribution is 7.89. The molecule has 174 valence electrons. The van der Waals surface area contributed by atoms with Crippen molar-refractivity contribution >= 4 is 15.9 Å². The van der Waals surface area contributed by atoms with Crippen LogP contribution in [0.5, 0.6) is 5.75 Å². The number of hydrogen-bond acceptors (Lipinski definition) is 5. The first-order chi connectivity index (χ1) is 15.8. The first-order valence-electron chi connectivity index (χ1n) is 10.8. The minimum absolute atomic E-state index is 0.160. The molecule has 1 fully saturated rings. The molecule has 3 aromatic rings. The van der Waals surface area contributed by atoms with Gasteiger partial charge < -0.3 is 9.64 Å². The Labute approximate surface area is 194 Å². The van der Waals surface area contributed by atoms with Gasteiger partial charge in [0.25, 0.3) is 5.91 Å². The number of aromatic nitrogens is 2. The van der Waals surface area contributed by atoms with Gasteiger partial charge in [0.15, 0.2) is 0 Å². The van der Waals surface area contributed by atoms with Gasteiger partial charge in [-0.2, -0.15) is 9.40 Å². The van der Waals surface area contributed by atoms with Crippen LogP contribution in [0.3, 0.4) is 0 Å². The minimum atomic E-state index is -3.73. The quantitative estimate of drug-likeness (QED) is 0.555. The second kappa shape index (κ2) is 9.36. The van der Waals surface area contributed by atoms with Crippen molar-refractivity contribution < 1.29 is 17.9 Å². The average Bonchev–Trinajstić information content (AvgIpc) is 3.12. The van der Waals surface area contributed by atoms with Gasteiger partial charge in [0.2, 0.25) is 10.0 Å². The summed E-state index contributed by atoms with van der Waals surface area (Å²) in [4.78, 5) is 14.9. The fourth-order valence-electron chi connectivity index (χ4n) is 4.22. The topological polar surface area (TPSA) is 84.7 Å². The highest BCUT2D eigenvalue weighted by Crippen LogP contribution is 2.26. The summed E-state index contributed by atoms with van der Waals surface area (Å²) >= 11 is 0. The molecule has 0 spiro atoms. The van der Waals surface area contributed by atoms with Crippen LogP contribution in [0.2, 0.25) is 0 Å². The minimum Gasteiger partial charge on any atom is -0.496 e. The maximum atomic E-state index is 13.5. The smallest absolute Gasteiger partial charge is 0.257 e. The molecule has 1 aliphatic heterocycles. The fraction of sp³-hybridized carbons (Fsp3) is 0.333. The highest BCUT2D eigenvalue weighted by atomic mass is 32.2. The number of rotatable bonds is 6. The zero-order chi connectivity index (χ0) is 23.6. The van der Waals surface area contributed by atoms with E-state index >= 15 is 0 Å². The molecule has 0 N–H and O–H groups in total. The molecule has 0 bridgehead atoms. The van der Waals surface area contributed by atoms with Crippen molar-refractivity contribution in [3.8, 4) is 5.75 Å². The molecule has 0 unspecified atom stereocenters. The van der Waals surface area contributed by atoms with Gasteiger partial charge in [-0.1, -0.05) is 42.5 Å². The molecule has 1 amide bonds. The van der Waals surface area contributed by atoms with Crippen molar-refractivity contribution in [3.05, 3.63) is 77.1 Å². The molecule has 33 heavy (non-hydrogen) atoms. The monoisotopic (exact) mass is 468 g/mol. The summed E-state index contributed by atoms with van der Waals surface area (Å²) in [6, 6.07) is 16.9. The van der Waals surface area contributed by atoms with E-state index in [1.807, 2.05) is 36.4 Å². The van der Waals surface area contributed by atoms with Gasteiger partial charge in [-0.3, -0.25) is 9.48 Å². The van der Waals surface area contributed by atoms with E-state index in [1.54, 1.807) is 41.6 Å². The summed E-state index contributed by atoms with van der Waals surface area (Å²) in [5, 5.41) is 4.50. The molecule has 0 saturated carbocycles. The second-order valence-electron chi connectivity index (χ2n) is 8.04. The van der Waals surface area contributed by atoms with Gasteiger partial charge in [-0.25, -0.2) is 8.42 Å². The maximum absolute atomic E-state index is 13.5. The summed E-state index contributed by atoms with van der Waals surface area (Å²) in [6.07, 6.45) is 0. The SMILES string of the molecule is COc1ccccc1C(=O)N1CCN(S(=O)(=O)c2c(C)nn(Cc3ccccc3)c2C)CC1. The van der Waals surface area contributed by atoms with Crippen LogP contribution in [0, 0.1) is 13.8 Å². The summed E-state index contributed by atoms with van der Waals surface area (Å²) in [5.41, 5.74) is 2.63. The molecule has 1 aromatic heterocycles. The van der Waals surface area contributed by atoms with Crippen LogP contribution >= 0.6 is 0 Å². The van der Waals surface area contributed by atoms with Crippen LogP contribution < -0.4 is 4.74 Å². The van der Waals surface area contributed by atoms with Crippen molar-refractivity contribution in [1.29, 1.82) is 0 Å². The lowest BCUT2D eigenvalue weighted by Gasteiger charge is -2.34. The molecule has 8 nitrogen and oxygen atoms in total. The van der Waals surface area contributed by atoms with Crippen molar-refractivity contribution in [2.75, 3.05) is 33.3 Å². The van der Waals surface area contributed by atoms with Crippen LogP contribution in [0.1, 0.15) is 27.3 Å². The summed E-state index contributed by atoms with van der Waals surface area (Å²) in [6.45, 7) is 5.10. The summed E-state index contributed by atoms with van der Waals surface area (Å²) < 4.78 is 35.5. The zero-order valence-corrected chi connectivity index (χ0v) is 19.9. The Kier molecular flexibility index (Phi) is 6.53. The molecule has 1 saturated heterocycles. The molecule has 2 aromatic carbocycles. The molecule has 0 aliphatic carbocycles. The Morgan fingerprint density at radius 2 is 1.61 bits per heavy atom. The van der Waals surface area contributed by atoms with Crippen molar-refractivity contribution in [1.82, 2.24) is 19.0 Å². The standard InChI is InChI=1S/C24H28N4O4S/c1-18-23(19(2)28(25-18)17-20-9-5-4-6-10-20)33(30,31)27-15-13-26(14-16-27)24(29)21-11-7-8-12-22(21)32-3/h4-12H,13-17H2,1-3H3. The molecule has 2 heterocycles. The van der Waals surface area contributed by atoms with Gasteiger partial charge in [-0.15, -0.1) is 0 Å². The largest absolute Gasteiger partial charge is 0.496 e. The van der Waals surface area contributed by atoms with E-state index in [-0.39, 0.29) is 23.9 Å². The Morgan fingerprint density at radius 3 is 2.27 bits per heavy atom. The normalized spacial score (nSPS) is 14.9. The Bertz CT molecular complexity index is 1250. The number of para-hydroxylation sites is 1. The zero-order valence-electron chi connectivity index (χ0n) is 19.1. The third kappa shape index (κ3) is 4.51. The third-order valence-corrected chi connectivity index (χ3v) is 8.10. The number of aryl methyl sites for hydroxylation is 1. The first kappa shape index (κ1) is 23.0. The highest BCUT2D eigenvalue weighted by Gasteiger charge is 2.34. The lowest BCUT2D eigenvalue weighted by molar-refractivity contribution is 0.0694. The molecule has 4 rings (SSSR count). The number of nitrogens with zero attached hydrogens (tertiary/aromatic N) is 4. The van der Waals surface area contributed by atoms with E-state index in [4.69, 9.17) is 4.74 Å². The molecule has 0 atom stereocenters. The van der Waals surface area contributed by atoms with E-state index < -0.39 is 10.0 Å². The lowest BCUT2D eigenvalue weighted by atomic mass is 10.1. The summed E-state index contributed by atoms with van der Waals surface area (Å²) in [5.74, 6) is 0.349. The average molecular weight is 469 g/mol. The lowest BCUT2D eigenvalue weighted by Crippen LogP contribution is -2.50. The number of sulfonamides is 1.